The lowest BCUT2D eigenvalue weighted by Gasteiger charge is -2.24. The molecule has 1 heterocycles. The van der Waals surface area contributed by atoms with Crippen LogP contribution in [0.4, 0.5) is 0 Å². The molecule has 1 nitrogen and oxygen atoms in total. The van der Waals surface area contributed by atoms with Crippen molar-refractivity contribution in [2.45, 2.75) is 44.6 Å². The average molecular weight is 285 g/mol. The quantitative estimate of drug-likeness (QED) is 0.873. The van der Waals surface area contributed by atoms with Crippen LogP contribution in [0.5, 0.6) is 0 Å². The highest BCUT2D eigenvalue weighted by molar-refractivity contribution is 7.17. The lowest BCUT2D eigenvalue weighted by molar-refractivity contribution is 0.294. The summed E-state index contributed by atoms with van der Waals surface area (Å²) < 4.78 is 1.40. The van der Waals surface area contributed by atoms with Gasteiger partial charge in [-0.1, -0.05) is 24.6 Å². The molecule has 20 heavy (non-hydrogen) atoms. The van der Waals surface area contributed by atoms with Gasteiger partial charge in [-0.2, -0.15) is 0 Å². The standard InChI is InChI=1S/C18H23NS/c19-16(9-14-8-12-5-6-13(14)7-12)10-15-11-20-18-4-2-1-3-17(15)18/h1-4,11-14,16H,5-10,19H2. The lowest BCUT2D eigenvalue weighted by Crippen LogP contribution is -2.28. The van der Waals surface area contributed by atoms with Gasteiger partial charge in [-0.3, -0.25) is 0 Å². The molecular weight excluding hydrogens is 262 g/mol. The van der Waals surface area contributed by atoms with E-state index in [-0.39, 0.29) is 0 Å². The fourth-order valence-corrected chi connectivity index (χ4v) is 5.59. The van der Waals surface area contributed by atoms with Gasteiger partial charge in [0.25, 0.3) is 0 Å². The van der Waals surface area contributed by atoms with Crippen molar-refractivity contribution in [1.82, 2.24) is 0 Å². The summed E-state index contributed by atoms with van der Waals surface area (Å²) in [6, 6.07) is 9.06. The number of benzene rings is 1. The Labute approximate surface area is 125 Å². The van der Waals surface area contributed by atoms with Crippen molar-refractivity contribution in [3.05, 3.63) is 35.2 Å². The van der Waals surface area contributed by atoms with Gasteiger partial charge in [0, 0.05) is 10.7 Å². The van der Waals surface area contributed by atoms with Gasteiger partial charge >= 0.3 is 0 Å². The molecule has 0 aliphatic heterocycles. The van der Waals surface area contributed by atoms with Gasteiger partial charge in [-0.05, 0) is 72.3 Å². The first kappa shape index (κ1) is 12.8. The van der Waals surface area contributed by atoms with E-state index in [1.165, 1.54) is 47.8 Å². The van der Waals surface area contributed by atoms with E-state index in [1.807, 2.05) is 11.3 Å². The Morgan fingerprint density at radius 3 is 2.90 bits per heavy atom. The molecular formula is C18H23NS. The topological polar surface area (TPSA) is 26.0 Å². The summed E-state index contributed by atoms with van der Waals surface area (Å²) in [4.78, 5) is 0. The molecule has 0 radical (unpaired) electrons. The summed E-state index contributed by atoms with van der Waals surface area (Å²) in [5.74, 6) is 2.97. The van der Waals surface area contributed by atoms with Crippen LogP contribution in [0.3, 0.4) is 0 Å². The molecule has 2 aliphatic rings. The van der Waals surface area contributed by atoms with Crippen molar-refractivity contribution in [1.29, 1.82) is 0 Å². The SMILES string of the molecule is NC(Cc1csc2ccccc12)CC1CC2CCC1C2. The molecule has 4 unspecified atom stereocenters. The van der Waals surface area contributed by atoms with Crippen LogP contribution in [0.15, 0.2) is 29.6 Å². The molecule has 0 amide bonds. The van der Waals surface area contributed by atoms with Gasteiger partial charge in [0.15, 0.2) is 0 Å². The Bertz CT molecular complexity index is 602. The molecule has 2 N–H and O–H groups in total. The molecule has 106 valence electrons. The van der Waals surface area contributed by atoms with Crippen molar-refractivity contribution in [3.8, 4) is 0 Å². The number of hydrogen-bond donors (Lipinski definition) is 1. The van der Waals surface area contributed by atoms with E-state index in [1.54, 1.807) is 0 Å². The molecule has 2 aromatic rings. The van der Waals surface area contributed by atoms with Crippen LogP contribution in [-0.4, -0.2) is 6.04 Å². The Kier molecular flexibility index (Phi) is 3.31. The lowest BCUT2D eigenvalue weighted by atomic mass is 9.83. The van der Waals surface area contributed by atoms with Crippen LogP contribution in [-0.2, 0) is 6.42 Å². The van der Waals surface area contributed by atoms with Gasteiger partial charge in [0.2, 0.25) is 0 Å². The van der Waals surface area contributed by atoms with Gasteiger partial charge in [-0.15, -0.1) is 11.3 Å². The molecule has 4 rings (SSSR count). The summed E-state index contributed by atoms with van der Waals surface area (Å²) in [5.41, 5.74) is 7.93. The van der Waals surface area contributed by atoms with Gasteiger partial charge < -0.3 is 5.73 Å². The fraction of sp³-hybridized carbons (Fsp3) is 0.556. The van der Waals surface area contributed by atoms with E-state index in [0.29, 0.717) is 6.04 Å². The minimum atomic E-state index is 0.345. The van der Waals surface area contributed by atoms with Gasteiger partial charge in [-0.25, -0.2) is 0 Å². The first-order valence-corrected chi connectivity index (χ1v) is 8.88. The largest absolute Gasteiger partial charge is 0.327 e. The summed E-state index contributed by atoms with van der Waals surface area (Å²) in [6.07, 6.45) is 8.22. The van der Waals surface area contributed by atoms with Crippen LogP contribution in [0.25, 0.3) is 10.1 Å². The van der Waals surface area contributed by atoms with Gasteiger partial charge in [0.1, 0.15) is 0 Å². The fourth-order valence-electron chi connectivity index (χ4n) is 4.61. The molecule has 2 fully saturated rings. The van der Waals surface area contributed by atoms with Crippen molar-refractivity contribution in [3.63, 3.8) is 0 Å². The van der Waals surface area contributed by atoms with E-state index >= 15 is 0 Å². The Morgan fingerprint density at radius 1 is 1.20 bits per heavy atom. The van der Waals surface area contributed by atoms with Crippen molar-refractivity contribution in [2.75, 3.05) is 0 Å². The second kappa shape index (κ2) is 5.16. The third-order valence-corrected chi connectivity index (χ3v) is 6.55. The molecule has 2 heteroatoms. The van der Waals surface area contributed by atoms with E-state index in [2.05, 4.69) is 29.6 Å². The first-order valence-electron chi connectivity index (χ1n) is 8.00. The van der Waals surface area contributed by atoms with Crippen molar-refractivity contribution >= 4 is 21.4 Å². The van der Waals surface area contributed by atoms with E-state index in [9.17, 15) is 0 Å². The highest BCUT2D eigenvalue weighted by Crippen LogP contribution is 2.49. The van der Waals surface area contributed by atoms with E-state index in [4.69, 9.17) is 5.73 Å². The average Bonchev–Trinajstić information content (AvgIpc) is 3.14. The predicted octanol–water partition coefficient (Wildman–Crippen LogP) is 4.60. The predicted molar refractivity (Wildman–Crippen MR) is 87.1 cm³/mol. The zero-order valence-corrected chi connectivity index (χ0v) is 12.7. The monoisotopic (exact) mass is 285 g/mol. The van der Waals surface area contributed by atoms with Crippen LogP contribution in [0.1, 0.15) is 37.7 Å². The minimum absolute atomic E-state index is 0.345. The van der Waals surface area contributed by atoms with Crippen LogP contribution >= 0.6 is 11.3 Å². The number of thiophene rings is 1. The number of nitrogens with two attached hydrogens (primary N) is 1. The Hall–Kier alpha value is -0.860. The molecule has 1 aromatic heterocycles. The third-order valence-electron chi connectivity index (χ3n) is 5.53. The molecule has 4 atom stereocenters. The van der Waals surface area contributed by atoms with Crippen molar-refractivity contribution < 1.29 is 0 Å². The summed E-state index contributed by atoms with van der Waals surface area (Å²) in [7, 11) is 0. The highest BCUT2D eigenvalue weighted by atomic mass is 32.1. The number of rotatable bonds is 4. The molecule has 2 saturated carbocycles. The smallest absolute Gasteiger partial charge is 0.0345 e. The van der Waals surface area contributed by atoms with E-state index < -0.39 is 0 Å². The Morgan fingerprint density at radius 2 is 2.10 bits per heavy atom. The third kappa shape index (κ3) is 2.29. The zero-order valence-electron chi connectivity index (χ0n) is 11.9. The maximum Gasteiger partial charge on any atom is 0.0345 e. The minimum Gasteiger partial charge on any atom is -0.327 e. The summed E-state index contributed by atoms with van der Waals surface area (Å²) in [5, 5.41) is 3.73. The second-order valence-corrected chi connectivity index (χ2v) is 7.80. The molecule has 0 spiro atoms. The second-order valence-electron chi connectivity index (χ2n) is 6.89. The van der Waals surface area contributed by atoms with Crippen LogP contribution < -0.4 is 5.73 Å². The number of hydrogen-bond acceptors (Lipinski definition) is 2. The molecule has 2 bridgehead atoms. The summed E-state index contributed by atoms with van der Waals surface area (Å²) in [6.45, 7) is 0. The Balaban J connectivity index is 1.43. The molecule has 2 aliphatic carbocycles. The summed E-state index contributed by atoms with van der Waals surface area (Å²) >= 11 is 1.86. The van der Waals surface area contributed by atoms with Gasteiger partial charge in [0.05, 0.1) is 0 Å². The van der Waals surface area contributed by atoms with Crippen molar-refractivity contribution in [2.24, 2.45) is 23.5 Å². The normalized spacial score (nSPS) is 30.1. The van der Waals surface area contributed by atoms with E-state index in [0.717, 1.165) is 24.2 Å². The maximum absolute atomic E-state index is 6.47. The first-order chi connectivity index (χ1) is 9.79. The van der Waals surface area contributed by atoms with Crippen LogP contribution in [0.2, 0.25) is 0 Å². The zero-order chi connectivity index (χ0) is 13.5. The number of fused-ring (bicyclic) bond motifs is 3. The molecule has 0 saturated heterocycles. The highest BCUT2D eigenvalue weighted by Gasteiger charge is 2.39. The maximum atomic E-state index is 6.47. The molecule has 1 aromatic carbocycles. The van der Waals surface area contributed by atoms with Crippen LogP contribution in [0, 0.1) is 17.8 Å².